The van der Waals surface area contributed by atoms with Gasteiger partial charge in [-0.25, -0.2) is 4.98 Å². The van der Waals surface area contributed by atoms with Crippen LogP contribution in [-0.2, 0) is 0 Å². The van der Waals surface area contributed by atoms with Gasteiger partial charge >= 0.3 is 0 Å². The van der Waals surface area contributed by atoms with Crippen LogP contribution in [0.1, 0.15) is 23.7 Å². The van der Waals surface area contributed by atoms with Crippen LogP contribution in [0, 0.1) is 0 Å². The van der Waals surface area contributed by atoms with Crippen LogP contribution in [0.5, 0.6) is 0 Å². The number of pyridine rings is 1. The summed E-state index contributed by atoms with van der Waals surface area (Å²) in [5, 5.41) is 3.84. The van der Waals surface area contributed by atoms with E-state index in [1.807, 2.05) is 31.2 Å². The zero-order valence-electron chi connectivity index (χ0n) is 11.7. The van der Waals surface area contributed by atoms with Gasteiger partial charge in [-0.3, -0.25) is 4.79 Å². The van der Waals surface area contributed by atoms with Crippen LogP contribution < -0.4 is 11.1 Å². The largest absolute Gasteiger partial charge is 0.384 e. The van der Waals surface area contributed by atoms with Gasteiger partial charge in [0.1, 0.15) is 5.82 Å². The van der Waals surface area contributed by atoms with Gasteiger partial charge in [0.2, 0.25) is 0 Å². The number of nitrogens with two attached hydrogens (primary N) is 1. The molecule has 1 aromatic heterocycles. The molecule has 0 radical (unpaired) electrons. The summed E-state index contributed by atoms with van der Waals surface area (Å²) in [5.74, 6) is 1.30. The van der Waals surface area contributed by atoms with Crippen molar-refractivity contribution < 1.29 is 4.79 Å². The maximum absolute atomic E-state index is 12.4. The van der Waals surface area contributed by atoms with Gasteiger partial charge in [0.05, 0.1) is 11.1 Å². The van der Waals surface area contributed by atoms with Crippen LogP contribution in [0.15, 0.2) is 30.3 Å². The van der Waals surface area contributed by atoms with Gasteiger partial charge in [0, 0.05) is 11.4 Å². The van der Waals surface area contributed by atoms with Gasteiger partial charge in [0.25, 0.3) is 5.91 Å². The number of anilines is 1. The fourth-order valence-corrected chi connectivity index (χ4v) is 2.64. The molecule has 0 saturated carbocycles. The molecule has 1 heterocycles. The summed E-state index contributed by atoms with van der Waals surface area (Å²) in [6, 6.07) is 9.32. The standard InChI is InChI=1S/C15H19N3OS/c1-10(7-8-20-2)17-15(19)12-9-14(16)18-13-6-4-3-5-11(12)13/h3-6,9-10H,7-8H2,1-2H3,(H2,16,18)(H,17,19). The predicted octanol–water partition coefficient (Wildman–Crippen LogP) is 2.69. The number of nitrogen functional groups attached to an aromatic ring is 1. The van der Waals surface area contributed by atoms with E-state index in [0.717, 1.165) is 23.1 Å². The second-order valence-electron chi connectivity index (χ2n) is 4.77. The second kappa shape index (κ2) is 6.61. The average Bonchev–Trinajstić information content (AvgIpc) is 2.44. The van der Waals surface area contributed by atoms with Crippen molar-refractivity contribution in [2.75, 3.05) is 17.7 Å². The quantitative estimate of drug-likeness (QED) is 0.888. The third-order valence-corrected chi connectivity index (χ3v) is 3.76. The number of amides is 1. The van der Waals surface area contributed by atoms with Crippen molar-refractivity contribution >= 4 is 34.4 Å². The molecule has 4 nitrogen and oxygen atoms in total. The number of fused-ring (bicyclic) bond motifs is 1. The molecule has 1 atom stereocenters. The summed E-state index contributed by atoms with van der Waals surface area (Å²) in [7, 11) is 0. The number of benzene rings is 1. The third kappa shape index (κ3) is 3.42. The lowest BCUT2D eigenvalue weighted by Gasteiger charge is -2.14. The predicted molar refractivity (Wildman–Crippen MR) is 86.1 cm³/mol. The first-order valence-corrected chi connectivity index (χ1v) is 7.96. The number of carbonyl (C=O) groups excluding carboxylic acids is 1. The lowest BCUT2D eigenvalue weighted by molar-refractivity contribution is 0.0941. The number of aromatic nitrogens is 1. The highest BCUT2D eigenvalue weighted by atomic mass is 32.2. The van der Waals surface area contributed by atoms with Crippen molar-refractivity contribution in [1.82, 2.24) is 10.3 Å². The number of hydrogen-bond donors (Lipinski definition) is 2. The molecule has 1 aromatic carbocycles. The zero-order chi connectivity index (χ0) is 14.5. The van der Waals surface area contributed by atoms with E-state index < -0.39 is 0 Å². The normalized spacial score (nSPS) is 12.3. The SMILES string of the molecule is CSCCC(C)NC(=O)c1cc(N)nc2ccccc12. The Kier molecular flexibility index (Phi) is 4.84. The lowest BCUT2D eigenvalue weighted by Crippen LogP contribution is -2.33. The van der Waals surface area contributed by atoms with Gasteiger partial charge < -0.3 is 11.1 Å². The molecule has 5 heteroatoms. The van der Waals surface area contributed by atoms with Gasteiger partial charge in [-0.15, -0.1) is 0 Å². The molecule has 2 aromatic rings. The summed E-state index contributed by atoms with van der Waals surface area (Å²) < 4.78 is 0. The highest BCUT2D eigenvalue weighted by Gasteiger charge is 2.14. The number of hydrogen-bond acceptors (Lipinski definition) is 4. The van der Waals surface area contributed by atoms with E-state index in [1.165, 1.54) is 0 Å². The molecule has 106 valence electrons. The minimum atomic E-state index is -0.0936. The van der Waals surface area contributed by atoms with E-state index in [1.54, 1.807) is 17.8 Å². The molecule has 2 rings (SSSR count). The van der Waals surface area contributed by atoms with E-state index in [0.29, 0.717) is 11.4 Å². The summed E-state index contributed by atoms with van der Waals surface area (Å²) in [6.45, 7) is 2.01. The van der Waals surface area contributed by atoms with Crippen LogP contribution in [0.2, 0.25) is 0 Å². The minimum Gasteiger partial charge on any atom is -0.384 e. The van der Waals surface area contributed by atoms with Crippen LogP contribution in [-0.4, -0.2) is 28.9 Å². The van der Waals surface area contributed by atoms with Crippen molar-refractivity contribution in [2.45, 2.75) is 19.4 Å². The summed E-state index contributed by atoms with van der Waals surface area (Å²) in [5.41, 5.74) is 7.11. The van der Waals surface area contributed by atoms with Crippen LogP contribution in [0.25, 0.3) is 10.9 Å². The fraction of sp³-hybridized carbons (Fsp3) is 0.333. The number of carbonyl (C=O) groups is 1. The molecule has 0 bridgehead atoms. The summed E-state index contributed by atoms with van der Waals surface area (Å²) in [4.78, 5) is 16.6. The highest BCUT2D eigenvalue weighted by molar-refractivity contribution is 7.98. The van der Waals surface area contributed by atoms with Crippen molar-refractivity contribution in [3.05, 3.63) is 35.9 Å². The third-order valence-electron chi connectivity index (χ3n) is 3.11. The Morgan fingerprint density at radius 2 is 2.20 bits per heavy atom. The van der Waals surface area contributed by atoms with Crippen molar-refractivity contribution in [2.24, 2.45) is 0 Å². The van der Waals surface area contributed by atoms with E-state index in [4.69, 9.17) is 5.73 Å². The van der Waals surface area contributed by atoms with Gasteiger partial charge in [0.15, 0.2) is 0 Å². The van der Waals surface area contributed by atoms with E-state index >= 15 is 0 Å². The van der Waals surface area contributed by atoms with E-state index in [2.05, 4.69) is 16.6 Å². The Hall–Kier alpha value is -1.75. The lowest BCUT2D eigenvalue weighted by atomic mass is 10.1. The molecule has 0 aliphatic rings. The Balaban J connectivity index is 2.25. The molecule has 0 fully saturated rings. The van der Waals surface area contributed by atoms with Crippen molar-refractivity contribution in [1.29, 1.82) is 0 Å². The molecule has 1 unspecified atom stereocenters. The molecule has 0 aliphatic carbocycles. The molecule has 1 amide bonds. The van der Waals surface area contributed by atoms with Crippen LogP contribution in [0.4, 0.5) is 5.82 Å². The van der Waals surface area contributed by atoms with E-state index in [-0.39, 0.29) is 11.9 Å². The first-order valence-electron chi connectivity index (χ1n) is 6.57. The molecular formula is C15H19N3OS. The van der Waals surface area contributed by atoms with Gasteiger partial charge in [-0.2, -0.15) is 11.8 Å². The fourth-order valence-electron chi connectivity index (χ4n) is 2.05. The van der Waals surface area contributed by atoms with Crippen molar-refractivity contribution in [3.63, 3.8) is 0 Å². The number of nitrogens with one attached hydrogen (secondary N) is 1. The Bertz CT molecular complexity index is 615. The van der Waals surface area contributed by atoms with E-state index in [9.17, 15) is 4.79 Å². The average molecular weight is 289 g/mol. The second-order valence-corrected chi connectivity index (χ2v) is 5.75. The Labute approximate surface area is 123 Å². The Morgan fingerprint density at radius 1 is 1.45 bits per heavy atom. The molecule has 0 aliphatic heterocycles. The number of nitrogens with zero attached hydrogens (tertiary/aromatic N) is 1. The smallest absolute Gasteiger partial charge is 0.252 e. The summed E-state index contributed by atoms with van der Waals surface area (Å²) in [6.07, 6.45) is 3.01. The van der Waals surface area contributed by atoms with Gasteiger partial charge in [-0.1, -0.05) is 18.2 Å². The first kappa shape index (κ1) is 14.7. The minimum absolute atomic E-state index is 0.0936. The van der Waals surface area contributed by atoms with Crippen molar-refractivity contribution in [3.8, 4) is 0 Å². The van der Waals surface area contributed by atoms with Crippen LogP contribution in [0.3, 0.4) is 0 Å². The van der Waals surface area contributed by atoms with Crippen LogP contribution >= 0.6 is 11.8 Å². The highest BCUT2D eigenvalue weighted by Crippen LogP contribution is 2.19. The zero-order valence-corrected chi connectivity index (χ0v) is 12.5. The molecule has 0 saturated heterocycles. The monoisotopic (exact) mass is 289 g/mol. The summed E-state index contributed by atoms with van der Waals surface area (Å²) >= 11 is 1.78. The maximum atomic E-state index is 12.4. The molecule has 0 spiro atoms. The number of rotatable bonds is 5. The van der Waals surface area contributed by atoms with Gasteiger partial charge in [-0.05, 0) is 37.5 Å². The molecule has 3 N–H and O–H groups in total. The Morgan fingerprint density at radius 3 is 2.95 bits per heavy atom. The topological polar surface area (TPSA) is 68.0 Å². The number of thioether (sulfide) groups is 1. The first-order chi connectivity index (χ1) is 9.61. The maximum Gasteiger partial charge on any atom is 0.252 e. The number of para-hydroxylation sites is 1. The molecular weight excluding hydrogens is 270 g/mol. The molecule has 20 heavy (non-hydrogen) atoms.